The number of rotatable bonds is 4. The number of ketones is 1. The van der Waals surface area contributed by atoms with Crippen molar-refractivity contribution in [1.82, 2.24) is 4.90 Å². The Kier molecular flexibility index (Phi) is 5.57. The van der Waals surface area contributed by atoms with Crippen LogP contribution in [-0.4, -0.2) is 34.8 Å². The van der Waals surface area contributed by atoms with Gasteiger partial charge in [-0.1, -0.05) is 37.5 Å². The maximum Gasteiger partial charge on any atom is 0.295 e. The summed E-state index contributed by atoms with van der Waals surface area (Å²) in [5.74, 6) is -1.67. The molecule has 1 atom stereocenters. The van der Waals surface area contributed by atoms with Gasteiger partial charge in [0.15, 0.2) is 0 Å². The number of Topliss-reactive ketones (excluding diaryl/α,β-unsaturated/α-hetero) is 1. The number of likely N-dealkylation sites (tertiary alicyclic amines) is 1. The molecule has 6 heteroatoms. The van der Waals surface area contributed by atoms with Crippen molar-refractivity contribution in [2.75, 3.05) is 7.11 Å². The number of carbonyl (C=O) groups is 2. The number of methoxy groups -OCH3 is 1. The van der Waals surface area contributed by atoms with E-state index in [1.54, 1.807) is 42.5 Å². The van der Waals surface area contributed by atoms with Crippen LogP contribution in [0, 0.1) is 5.82 Å². The minimum absolute atomic E-state index is 0.0687. The van der Waals surface area contributed by atoms with E-state index >= 15 is 0 Å². The molecule has 1 heterocycles. The third kappa shape index (κ3) is 3.47. The molecule has 4 rings (SSSR count). The summed E-state index contributed by atoms with van der Waals surface area (Å²) < 4.78 is 19.9. The van der Waals surface area contributed by atoms with Crippen LogP contribution in [-0.2, 0) is 9.59 Å². The Hall–Kier alpha value is -3.15. The van der Waals surface area contributed by atoms with Gasteiger partial charge in [0.2, 0.25) is 0 Å². The zero-order chi connectivity index (χ0) is 21.3. The number of amides is 1. The van der Waals surface area contributed by atoms with E-state index in [0.29, 0.717) is 11.3 Å². The average molecular weight is 409 g/mol. The van der Waals surface area contributed by atoms with Crippen LogP contribution in [0.4, 0.5) is 4.39 Å². The van der Waals surface area contributed by atoms with Crippen molar-refractivity contribution >= 4 is 17.4 Å². The Morgan fingerprint density at radius 2 is 1.70 bits per heavy atom. The Labute approximate surface area is 174 Å². The fourth-order valence-corrected chi connectivity index (χ4v) is 4.49. The van der Waals surface area contributed by atoms with Crippen molar-refractivity contribution in [2.24, 2.45) is 0 Å². The van der Waals surface area contributed by atoms with Crippen molar-refractivity contribution in [1.29, 1.82) is 0 Å². The summed E-state index contributed by atoms with van der Waals surface area (Å²) in [5, 5.41) is 11.0. The van der Waals surface area contributed by atoms with E-state index in [4.69, 9.17) is 4.74 Å². The number of aliphatic hydroxyl groups is 1. The molecule has 1 saturated heterocycles. The topological polar surface area (TPSA) is 66.8 Å². The molecule has 2 fully saturated rings. The second-order valence-corrected chi connectivity index (χ2v) is 7.75. The molecule has 1 saturated carbocycles. The van der Waals surface area contributed by atoms with E-state index < -0.39 is 23.5 Å². The van der Waals surface area contributed by atoms with E-state index in [9.17, 15) is 19.1 Å². The number of hydrogen-bond acceptors (Lipinski definition) is 4. The lowest BCUT2D eigenvalue weighted by Crippen LogP contribution is -2.40. The van der Waals surface area contributed by atoms with Gasteiger partial charge in [0, 0.05) is 17.2 Å². The Morgan fingerprint density at radius 3 is 2.33 bits per heavy atom. The van der Waals surface area contributed by atoms with Crippen LogP contribution in [0.5, 0.6) is 5.75 Å². The van der Waals surface area contributed by atoms with E-state index in [1.165, 1.54) is 18.1 Å². The lowest BCUT2D eigenvalue weighted by Gasteiger charge is -2.35. The van der Waals surface area contributed by atoms with Crippen LogP contribution in [0.25, 0.3) is 5.76 Å². The van der Waals surface area contributed by atoms with E-state index in [2.05, 4.69) is 0 Å². The fraction of sp³-hybridized carbons (Fsp3) is 0.333. The number of nitrogens with zero attached hydrogens (tertiary/aromatic N) is 1. The van der Waals surface area contributed by atoms with Gasteiger partial charge in [-0.3, -0.25) is 9.59 Å². The maximum absolute atomic E-state index is 14.8. The summed E-state index contributed by atoms with van der Waals surface area (Å²) in [7, 11) is 1.53. The van der Waals surface area contributed by atoms with Crippen molar-refractivity contribution < 1.29 is 23.8 Å². The highest BCUT2D eigenvalue weighted by molar-refractivity contribution is 6.46. The minimum Gasteiger partial charge on any atom is -0.507 e. The molecule has 0 aromatic heterocycles. The van der Waals surface area contributed by atoms with Gasteiger partial charge in [0.05, 0.1) is 18.7 Å². The zero-order valence-electron chi connectivity index (χ0n) is 16.8. The molecular weight excluding hydrogens is 385 g/mol. The summed E-state index contributed by atoms with van der Waals surface area (Å²) in [6.45, 7) is 0. The highest BCUT2D eigenvalue weighted by Crippen LogP contribution is 2.43. The minimum atomic E-state index is -0.948. The van der Waals surface area contributed by atoms with Gasteiger partial charge < -0.3 is 14.7 Å². The largest absolute Gasteiger partial charge is 0.507 e. The summed E-state index contributed by atoms with van der Waals surface area (Å²) in [6.07, 6.45) is 4.52. The Balaban J connectivity index is 1.87. The van der Waals surface area contributed by atoms with Crippen molar-refractivity contribution in [3.8, 4) is 5.75 Å². The van der Waals surface area contributed by atoms with Crippen LogP contribution in [0.2, 0.25) is 0 Å². The summed E-state index contributed by atoms with van der Waals surface area (Å²) in [4.78, 5) is 27.6. The summed E-state index contributed by atoms with van der Waals surface area (Å²) in [6, 6.07) is 11.6. The molecule has 2 aliphatic rings. The second-order valence-electron chi connectivity index (χ2n) is 7.75. The molecule has 1 aliphatic carbocycles. The number of ether oxygens (including phenoxy) is 1. The predicted molar refractivity (Wildman–Crippen MR) is 110 cm³/mol. The molecule has 5 nitrogen and oxygen atoms in total. The first kappa shape index (κ1) is 20.1. The van der Waals surface area contributed by atoms with Gasteiger partial charge in [-0.15, -0.1) is 0 Å². The fourth-order valence-electron chi connectivity index (χ4n) is 4.49. The van der Waals surface area contributed by atoms with Crippen LogP contribution < -0.4 is 4.74 Å². The monoisotopic (exact) mass is 409 g/mol. The maximum atomic E-state index is 14.8. The van der Waals surface area contributed by atoms with Gasteiger partial charge in [-0.05, 0) is 43.2 Å². The number of halogens is 1. The lowest BCUT2D eigenvalue weighted by molar-refractivity contribution is -0.141. The number of benzene rings is 2. The van der Waals surface area contributed by atoms with Gasteiger partial charge in [0.25, 0.3) is 11.7 Å². The van der Waals surface area contributed by atoms with Crippen molar-refractivity contribution in [2.45, 2.75) is 44.2 Å². The SMILES string of the molecule is COc1ccc(/C(O)=C2/C(=O)C(=O)N(C3CCCCC3)C2c2ccccc2F)cc1. The molecule has 156 valence electrons. The number of hydrogen-bond donors (Lipinski definition) is 1. The predicted octanol–water partition coefficient (Wildman–Crippen LogP) is 4.59. The summed E-state index contributed by atoms with van der Waals surface area (Å²) in [5.41, 5.74) is 0.525. The van der Waals surface area contributed by atoms with Gasteiger partial charge >= 0.3 is 0 Å². The molecule has 30 heavy (non-hydrogen) atoms. The molecule has 1 unspecified atom stereocenters. The zero-order valence-corrected chi connectivity index (χ0v) is 16.8. The highest BCUT2D eigenvalue weighted by Gasteiger charge is 2.49. The molecule has 2 aromatic rings. The number of carbonyl (C=O) groups excluding carboxylic acids is 2. The first-order valence-corrected chi connectivity index (χ1v) is 10.2. The van der Waals surface area contributed by atoms with Crippen molar-refractivity contribution in [3.05, 3.63) is 71.0 Å². The van der Waals surface area contributed by atoms with Crippen LogP contribution in [0.15, 0.2) is 54.1 Å². The molecule has 2 aromatic carbocycles. The molecule has 0 radical (unpaired) electrons. The van der Waals surface area contributed by atoms with Gasteiger partial charge in [-0.25, -0.2) is 4.39 Å². The van der Waals surface area contributed by atoms with E-state index in [1.807, 2.05) is 0 Å². The molecule has 1 amide bonds. The normalized spacial score (nSPS) is 21.8. The highest BCUT2D eigenvalue weighted by atomic mass is 19.1. The summed E-state index contributed by atoms with van der Waals surface area (Å²) >= 11 is 0. The molecule has 0 bridgehead atoms. The smallest absolute Gasteiger partial charge is 0.295 e. The van der Waals surface area contributed by atoms with Gasteiger partial charge in [0.1, 0.15) is 17.3 Å². The molecular formula is C24H24FNO4. The van der Waals surface area contributed by atoms with Crippen LogP contribution in [0.3, 0.4) is 0 Å². The van der Waals surface area contributed by atoms with Gasteiger partial charge in [-0.2, -0.15) is 0 Å². The first-order valence-electron chi connectivity index (χ1n) is 10.2. The van der Waals surface area contributed by atoms with Crippen molar-refractivity contribution in [3.63, 3.8) is 0 Å². The quantitative estimate of drug-likeness (QED) is 0.456. The third-order valence-corrected chi connectivity index (χ3v) is 6.01. The average Bonchev–Trinajstić information content (AvgIpc) is 3.04. The van der Waals surface area contributed by atoms with Crippen LogP contribution in [0.1, 0.15) is 49.3 Å². The first-order chi connectivity index (χ1) is 14.5. The van der Waals surface area contributed by atoms with Crippen LogP contribution >= 0.6 is 0 Å². The molecule has 1 N–H and O–H groups in total. The lowest BCUT2D eigenvalue weighted by atomic mass is 9.90. The second kappa shape index (κ2) is 8.30. The van der Waals surface area contributed by atoms with E-state index in [0.717, 1.165) is 32.1 Å². The molecule has 0 spiro atoms. The Bertz CT molecular complexity index is 993. The third-order valence-electron chi connectivity index (χ3n) is 6.01. The standard InChI is InChI=1S/C24H24FNO4/c1-30-17-13-11-15(12-14-17)22(27)20-21(18-9-5-6-10-19(18)25)26(24(29)23(20)28)16-7-3-2-4-8-16/h5-6,9-14,16,21,27H,2-4,7-8H2,1H3/b22-20-. The molecule has 1 aliphatic heterocycles. The van der Waals surface area contributed by atoms with E-state index in [-0.39, 0.29) is 22.9 Å². The Morgan fingerprint density at radius 1 is 1.03 bits per heavy atom. The number of aliphatic hydroxyl groups excluding tert-OH is 1.